The molecule has 1 saturated carbocycles. The molecule has 100 valence electrons. The highest BCUT2D eigenvalue weighted by Crippen LogP contribution is 2.33. The zero-order valence-corrected chi connectivity index (χ0v) is 11.2. The molecule has 2 aliphatic rings. The minimum absolute atomic E-state index is 0.633. The highest BCUT2D eigenvalue weighted by atomic mass is 16.5. The van der Waals surface area contributed by atoms with Gasteiger partial charge in [0.05, 0.1) is 0 Å². The van der Waals surface area contributed by atoms with Crippen LogP contribution in [0.15, 0.2) is 4.52 Å². The van der Waals surface area contributed by atoms with E-state index >= 15 is 0 Å². The lowest BCUT2D eigenvalue weighted by Crippen LogP contribution is -2.35. The number of nitrogens with zero attached hydrogens (tertiary/aromatic N) is 3. The molecule has 0 radical (unpaired) electrons. The minimum Gasteiger partial charge on any atom is -0.340 e. The molecule has 2 heterocycles. The Hall–Kier alpha value is -0.940. The van der Waals surface area contributed by atoms with Gasteiger partial charge in [0.1, 0.15) is 0 Å². The molecule has 0 aromatic carbocycles. The summed E-state index contributed by atoms with van der Waals surface area (Å²) in [5.74, 6) is 1.46. The Labute approximate surface area is 108 Å². The first-order chi connectivity index (χ1) is 8.72. The van der Waals surface area contributed by atoms with Gasteiger partial charge in [-0.3, -0.25) is 4.90 Å². The van der Waals surface area contributed by atoms with Crippen LogP contribution in [0.25, 0.3) is 0 Å². The molecule has 1 saturated heterocycles. The lowest BCUT2D eigenvalue weighted by Gasteiger charge is -2.19. The molecule has 0 spiro atoms. The highest BCUT2D eigenvalue weighted by molar-refractivity contribution is 4.96. The standard InChI is InChI=1S/C13H22N4O/c1-9-7-11(8-17(9)12-3-4-12)14-6-5-13-15-10(2)18-16-13/h9,11-12,14H,3-8H2,1-2H3. The van der Waals surface area contributed by atoms with Crippen molar-refractivity contribution < 1.29 is 4.52 Å². The van der Waals surface area contributed by atoms with E-state index in [2.05, 4.69) is 27.3 Å². The molecular formula is C13H22N4O. The van der Waals surface area contributed by atoms with Crippen LogP contribution in [0, 0.1) is 6.92 Å². The SMILES string of the molecule is Cc1nc(CCNC2CC(C)N(C3CC3)C2)no1. The van der Waals surface area contributed by atoms with Crippen LogP contribution in [0.4, 0.5) is 0 Å². The normalized spacial score (nSPS) is 29.0. The predicted molar refractivity (Wildman–Crippen MR) is 68.3 cm³/mol. The van der Waals surface area contributed by atoms with Gasteiger partial charge in [-0.05, 0) is 26.2 Å². The topological polar surface area (TPSA) is 54.2 Å². The molecule has 5 heteroatoms. The van der Waals surface area contributed by atoms with E-state index in [0.29, 0.717) is 11.9 Å². The number of nitrogens with one attached hydrogen (secondary N) is 1. The highest BCUT2D eigenvalue weighted by Gasteiger charge is 2.38. The summed E-state index contributed by atoms with van der Waals surface area (Å²) in [5, 5.41) is 7.53. The third-order valence-electron chi connectivity index (χ3n) is 3.99. The number of hydrogen-bond acceptors (Lipinski definition) is 5. The van der Waals surface area contributed by atoms with Crippen LogP contribution in [0.1, 0.15) is 37.9 Å². The smallest absolute Gasteiger partial charge is 0.223 e. The second-order valence-corrected chi connectivity index (χ2v) is 5.64. The van der Waals surface area contributed by atoms with Crippen LogP contribution in [-0.4, -0.2) is 46.3 Å². The molecule has 2 fully saturated rings. The number of rotatable bonds is 5. The van der Waals surface area contributed by atoms with Crippen LogP contribution in [0.5, 0.6) is 0 Å². The Morgan fingerprint density at radius 1 is 1.44 bits per heavy atom. The fourth-order valence-corrected chi connectivity index (χ4v) is 2.95. The van der Waals surface area contributed by atoms with Crippen molar-refractivity contribution in [3.8, 4) is 0 Å². The number of likely N-dealkylation sites (tertiary alicyclic amines) is 1. The van der Waals surface area contributed by atoms with Crippen LogP contribution in [0.2, 0.25) is 0 Å². The zero-order valence-electron chi connectivity index (χ0n) is 11.2. The van der Waals surface area contributed by atoms with E-state index in [-0.39, 0.29) is 0 Å². The Morgan fingerprint density at radius 3 is 2.94 bits per heavy atom. The second-order valence-electron chi connectivity index (χ2n) is 5.64. The Bertz CT molecular complexity index is 401. The molecule has 1 N–H and O–H groups in total. The predicted octanol–water partition coefficient (Wildman–Crippen LogP) is 1.14. The van der Waals surface area contributed by atoms with E-state index in [1.165, 1.54) is 25.8 Å². The average molecular weight is 250 g/mol. The van der Waals surface area contributed by atoms with Crippen LogP contribution in [0.3, 0.4) is 0 Å². The van der Waals surface area contributed by atoms with Gasteiger partial charge in [0.25, 0.3) is 0 Å². The van der Waals surface area contributed by atoms with Crippen molar-refractivity contribution in [2.75, 3.05) is 13.1 Å². The van der Waals surface area contributed by atoms with E-state index in [1.807, 2.05) is 6.92 Å². The summed E-state index contributed by atoms with van der Waals surface area (Å²) in [5.41, 5.74) is 0. The van der Waals surface area contributed by atoms with Gasteiger partial charge in [0.2, 0.25) is 5.89 Å². The van der Waals surface area contributed by atoms with Crippen molar-refractivity contribution in [3.05, 3.63) is 11.7 Å². The zero-order chi connectivity index (χ0) is 12.5. The molecule has 1 aromatic rings. The van der Waals surface area contributed by atoms with Crippen molar-refractivity contribution in [2.24, 2.45) is 0 Å². The first kappa shape index (κ1) is 12.1. The van der Waals surface area contributed by atoms with Crippen molar-refractivity contribution in [1.82, 2.24) is 20.4 Å². The van der Waals surface area contributed by atoms with Gasteiger partial charge in [-0.2, -0.15) is 4.98 Å². The van der Waals surface area contributed by atoms with Crippen LogP contribution < -0.4 is 5.32 Å². The monoisotopic (exact) mass is 250 g/mol. The summed E-state index contributed by atoms with van der Waals surface area (Å²) in [6.45, 7) is 6.32. The number of aromatic nitrogens is 2. The molecule has 1 aliphatic heterocycles. The summed E-state index contributed by atoms with van der Waals surface area (Å²) in [6.07, 6.45) is 4.92. The van der Waals surface area contributed by atoms with E-state index in [9.17, 15) is 0 Å². The molecule has 1 aliphatic carbocycles. The maximum atomic E-state index is 4.96. The maximum Gasteiger partial charge on any atom is 0.223 e. The molecule has 3 rings (SSSR count). The molecular weight excluding hydrogens is 228 g/mol. The van der Waals surface area contributed by atoms with E-state index in [4.69, 9.17) is 4.52 Å². The Balaban J connectivity index is 1.41. The summed E-state index contributed by atoms with van der Waals surface area (Å²) in [4.78, 5) is 6.88. The van der Waals surface area contributed by atoms with E-state index in [0.717, 1.165) is 30.9 Å². The molecule has 5 nitrogen and oxygen atoms in total. The van der Waals surface area contributed by atoms with Gasteiger partial charge < -0.3 is 9.84 Å². The third kappa shape index (κ3) is 2.72. The quantitative estimate of drug-likeness (QED) is 0.849. The van der Waals surface area contributed by atoms with Gasteiger partial charge in [-0.25, -0.2) is 0 Å². The van der Waals surface area contributed by atoms with E-state index in [1.54, 1.807) is 0 Å². The van der Waals surface area contributed by atoms with Crippen LogP contribution in [-0.2, 0) is 6.42 Å². The van der Waals surface area contributed by atoms with Gasteiger partial charge in [0.15, 0.2) is 5.82 Å². The van der Waals surface area contributed by atoms with E-state index < -0.39 is 0 Å². The fraction of sp³-hybridized carbons (Fsp3) is 0.846. The van der Waals surface area contributed by atoms with Crippen molar-refractivity contribution in [2.45, 2.75) is 57.7 Å². The minimum atomic E-state index is 0.633. The first-order valence-electron chi connectivity index (χ1n) is 7.00. The molecule has 2 unspecified atom stereocenters. The van der Waals surface area contributed by atoms with Gasteiger partial charge in [-0.1, -0.05) is 5.16 Å². The largest absolute Gasteiger partial charge is 0.340 e. The summed E-state index contributed by atoms with van der Waals surface area (Å²) < 4.78 is 4.96. The molecule has 18 heavy (non-hydrogen) atoms. The van der Waals surface area contributed by atoms with Crippen molar-refractivity contribution >= 4 is 0 Å². The van der Waals surface area contributed by atoms with Gasteiger partial charge >= 0.3 is 0 Å². The lowest BCUT2D eigenvalue weighted by atomic mass is 10.2. The lowest BCUT2D eigenvalue weighted by molar-refractivity contribution is 0.255. The number of hydrogen-bond donors (Lipinski definition) is 1. The molecule has 2 atom stereocenters. The van der Waals surface area contributed by atoms with Crippen LogP contribution >= 0.6 is 0 Å². The maximum absolute atomic E-state index is 4.96. The Morgan fingerprint density at radius 2 is 2.28 bits per heavy atom. The summed E-state index contributed by atoms with van der Waals surface area (Å²) >= 11 is 0. The second kappa shape index (κ2) is 4.97. The molecule has 0 amide bonds. The fourth-order valence-electron chi connectivity index (χ4n) is 2.95. The average Bonchev–Trinajstić information content (AvgIpc) is 3.00. The third-order valence-corrected chi connectivity index (χ3v) is 3.99. The summed E-state index contributed by atoms with van der Waals surface area (Å²) in [6, 6.07) is 2.25. The molecule has 0 bridgehead atoms. The summed E-state index contributed by atoms with van der Waals surface area (Å²) in [7, 11) is 0. The molecule has 1 aromatic heterocycles. The van der Waals surface area contributed by atoms with Crippen molar-refractivity contribution in [3.63, 3.8) is 0 Å². The first-order valence-corrected chi connectivity index (χ1v) is 7.00. The van der Waals surface area contributed by atoms with Gasteiger partial charge in [-0.15, -0.1) is 0 Å². The number of aryl methyl sites for hydroxylation is 1. The van der Waals surface area contributed by atoms with Gasteiger partial charge in [0, 0.05) is 44.6 Å². The Kier molecular flexibility index (Phi) is 3.35. The van der Waals surface area contributed by atoms with Crippen molar-refractivity contribution in [1.29, 1.82) is 0 Å².